The Balaban J connectivity index is 2.37. The first kappa shape index (κ1) is 13.1. The van der Waals surface area contributed by atoms with Crippen LogP contribution in [0.4, 0.5) is 0 Å². The molecule has 94 valence electrons. The monoisotopic (exact) mass is 271 g/mol. The highest BCUT2D eigenvalue weighted by Crippen LogP contribution is 2.13. The van der Waals surface area contributed by atoms with Gasteiger partial charge >= 0.3 is 0 Å². The van der Waals surface area contributed by atoms with Crippen LogP contribution < -0.4 is 5.56 Å². The van der Waals surface area contributed by atoms with E-state index in [0.717, 1.165) is 5.56 Å². The molecule has 0 atom stereocenters. The number of rotatable bonds is 2. The normalized spacial score (nSPS) is 10.6. The van der Waals surface area contributed by atoms with Gasteiger partial charge in [-0.25, -0.2) is 5.10 Å². The Bertz CT molecular complexity index is 724. The number of nitriles is 1. The molecule has 0 aliphatic rings. The Hall–Kier alpha value is -2.38. The minimum atomic E-state index is -0.469. The van der Waals surface area contributed by atoms with Crippen molar-refractivity contribution >= 4 is 23.8 Å². The Morgan fingerprint density at radius 1 is 1.32 bits per heavy atom. The zero-order valence-corrected chi connectivity index (χ0v) is 10.9. The van der Waals surface area contributed by atoms with Gasteiger partial charge in [0.2, 0.25) is 0 Å². The molecule has 0 radical (unpaired) electrons. The van der Waals surface area contributed by atoms with Gasteiger partial charge in [0, 0.05) is 5.02 Å². The largest absolute Gasteiger partial charge is 0.282 e. The smallest absolute Gasteiger partial charge is 0.267 e. The molecule has 0 unspecified atom stereocenters. The van der Waals surface area contributed by atoms with Crippen molar-refractivity contribution < 1.29 is 0 Å². The van der Waals surface area contributed by atoms with E-state index in [0.29, 0.717) is 16.3 Å². The Kier molecular flexibility index (Phi) is 3.79. The van der Waals surface area contributed by atoms with E-state index < -0.39 is 5.56 Å². The minimum Gasteiger partial charge on any atom is -0.267 e. The molecule has 2 aromatic rings. The molecule has 2 rings (SSSR count). The van der Waals surface area contributed by atoms with Crippen LogP contribution in [0.25, 0.3) is 12.2 Å². The molecule has 0 fully saturated rings. The fourth-order valence-electron chi connectivity index (χ4n) is 1.60. The molecule has 0 spiro atoms. The summed E-state index contributed by atoms with van der Waals surface area (Å²) in [5, 5.41) is 15.8. The van der Waals surface area contributed by atoms with Crippen molar-refractivity contribution in [3.63, 3.8) is 0 Å². The maximum atomic E-state index is 11.4. The summed E-state index contributed by atoms with van der Waals surface area (Å²) >= 11 is 5.80. The molecule has 0 aliphatic heterocycles. The molecule has 0 saturated carbocycles. The van der Waals surface area contributed by atoms with E-state index in [1.165, 1.54) is 0 Å². The van der Waals surface area contributed by atoms with E-state index in [9.17, 15) is 4.79 Å². The Morgan fingerprint density at radius 2 is 2.00 bits per heavy atom. The first-order chi connectivity index (χ1) is 9.11. The topological polar surface area (TPSA) is 69.5 Å². The number of aromatic nitrogens is 2. The number of nitrogens with one attached hydrogen (secondary N) is 1. The van der Waals surface area contributed by atoms with Gasteiger partial charge in [0.05, 0.1) is 5.69 Å². The van der Waals surface area contributed by atoms with Gasteiger partial charge in [0.25, 0.3) is 5.56 Å². The van der Waals surface area contributed by atoms with Crippen molar-refractivity contribution in [2.45, 2.75) is 6.92 Å². The van der Waals surface area contributed by atoms with Crippen LogP contribution in [0.1, 0.15) is 22.4 Å². The van der Waals surface area contributed by atoms with Crippen molar-refractivity contribution in [3.05, 3.63) is 62.0 Å². The maximum Gasteiger partial charge on any atom is 0.282 e. The number of nitrogens with zero attached hydrogens (tertiary/aromatic N) is 2. The fraction of sp³-hybridized carbons (Fsp3) is 0.0714. The van der Waals surface area contributed by atoms with Crippen molar-refractivity contribution in [2.24, 2.45) is 0 Å². The third kappa shape index (κ3) is 2.90. The molecule has 1 aromatic carbocycles. The van der Waals surface area contributed by atoms with Gasteiger partial charge < -0.3 is 0 Å². The summed E-state index contributed by atoms with van der Waals surface area (Å²) in [5.41, 5.74) is 1.70. The third-order valence-electron chi connectivity index (χ3n) is 2.68. The Labute approximate surface area is 115 Å². The summed E-state index contributed by atoms with van der Waals surface area (Å²) in [7, 11) is 0. The molecular formula is C14H10ClN3O. The van der Waals surface area contributed by atoms with Gasteiger partial charge in [-0.1, -0.05) is 29.8 Å². The van der Waals surface area contributed by atoms with Gasteiger partial charge in [-0.15, -0.1) is 0 Å². The molecule has 4 nitrogen and oxygen atoms in total. The lowest BCUT2D eigenvalue weighted by atomic mass is 10.1. The Morgan fingerprint density at radius 3 is 2.63 bits per heavy atom. The summed E-state index contributed by atoms with van der Waals surface area (Å²) < 4.78 is 0. The van der Waals surface area contributed by atoms with Gasteiger partial charge in [0.1, 0.15) is 11.6 Å². The van der Waals surface area contributed by atoms with E-state index in [1.54, 1.807) is 25.1 Å². The number of benzene rings is 1. The average molecular weight is 272 g/mol. The lowest BCUT2D eigenvalue weighted by Crippen LogP contribution is -2.15. The van der Waals surface area contributed by atoms with Crippen LogP contribution in [0.2, 0.25) is 5.02 Å². The zero-order valence-electron chi connectivity index (χ0n) is 10.1. The highest BCUT2D eigenvalue weighted by Gasteiger charge is 2.07. The molecule has 0 saturated heterocycles. The van der Waals surface area contributed by atoms with Gasteiger partial charge in [-0.2, -0.15) is 10.4 Å². The second-order valence-electron chi connectivity index (χ2n) is 3.93. The average Bonchev–Trinajstić information content (AvgIpc) is 2.40. The minimum absolute atomic E-state index is 0.0887. The summed E-state index contributed by atoms with van der Waals surface area (Å²) in [6.45, 7) is 1.70. The number of halogens is 1. The van der Waals surface area contributed by atoms with Gasteiger partial charge in [0.15, 0.2) is 0 Å². The maximum absolute atomic E-state index is 11.4. The highest BCUT2D eigenvalue weighted by atomic mass is 35.5. The number of hydrogen-bond acceptors (Lipinski definition) is 3. The quantitative estimate of drug-likeness (QED) is 0.913. The molecule has 0 aliphatic carbocycles. The highest BCUT2D eigenvalue weighted by molar-refractivity contribution is 6.30. The summed E-state index contributed by atoms with van der Waals surface area (Å²) in [4.78, 5) is 11.4. The lowest BCUT2D eigenvalue weighted by Gasteiger charge is -2.00. The number of aromatic amines is 1. The number of hydrogen-bond donors (Lipinski definition) is 1. The van der Waals surface area contributed by atoms with Gasteiger partial charge in [-0.3, -0.25) is 4.79 Å². The van der Waals surface area contributed by atoms with E-state index in [2.05, 4.69) is 10.2 Å². The van der Waals surface area contributed by atoms with Crippen LogP contribution in [-0.4, -0.2) is 10.2 Å². The SMILES string of the molecule is Cc1c(/C=C/c2ccc(Cl)cc2)n[nH]c(=O)c1C#N. The predicted molar refractivity (Wildman–Crippen MR) is 74.7 cm³/mol. The second kappa shape index (κ2) is 5.51. The first-order valence-electron chi connectivity index (χ1n) is 5.55. The molecule has 1 heterocycles. The molecule has 1 N–H and O–H groups in total. The predicted octanol–water partition coefficient (Wildman–Crippen LogP) is 2.77. The van der Waals surface area contributed by atoms with Crippen molar-refractivity contribution in [1.29, 1.82) is 5.26 Å². The first-order valence-corrected chi connectivity index (χ1v) is 5.92. The summed E-state index contributed by atoms with van der Waals surface area (Å²) in [5.74, 6) is 0. The summed E-state index contributed by atoms with van der Waals surface area (Å²) in [6, 6.07) is 9.18. The van der Waals surface area contributed by atoms with Gasteiger partial charge in [-0.05, 0) is 36.3 Å². The van der Waals surface area contributed by atoms with Crippen LogP contribution in [0.15, 0.2) is 29.1 Å². The standard InChI is InChI=1S/C14H10ClN3O/c1-9-12(8-16)14(19)18-17-13(9)7-4-10-2-5-11(15)6-3-10/h2-7H,1H3,(H,18,19)/b7-4+. The molecule has 0 bridgehead atoms. The lowest BCUT2D eigenvalue weighted by molar-refractivity contribution is 0.952. The van der Waals surface area contributed by atoms with Crippen LogP contribution in [0.5, 0.6) is 0 Å². The molecule has 1 aromatic heterocycles. The fourth-order valence-corrected chi connectivity index (χ4v) is 1.72. The second-order valence-corrected chi connectivity index (χ2v) is 4.37. The molecule has 19 heavy (non-hydrogen) atoms. The van der Waals surface area contributed by atoms with Crippen LogP contribution in [0.3, 0.4) is 0 Å². The van der Waals surface area contributed by atoms with Crippen molar-refractivity contribution in [3.8, 4) is 6.07 Å². The third-order valence-corrected chi connectivity index (χ3v) is 2.93. The van der Waals surface area contributed by atoms with Crippen LogP contribution >= 0.6 is 11.6 Å². The van der Waals surface area contributed by atoms with E-state index >= 15 is 0 Å². The van der Waals surface area contributed by atoms with Crippen LogP contribution in [0, 0.1) is 18.3 Å². The van der Waals surface area contributed by atoms with Crippen LogP contribution in [-0.2, 0) is 0 Å². The van der Waals surface area contributed by atoms with Crippen molar-refractivity contribution in [1.82, 2.24) is 10.2 Å². The van der Waals surface area contributed by atoms with E-state index in [1.807, 2.05) is 24.3 Å². The molecule has 5 heteroatoms. The molecule has 0 amide bonds. The van der Waals surface area contributed by atoms with E-state index in [4.69, 9.17) is 16.9 Å². The summed E-state index contributed by atoms with van der Waals surface area (Å²) in [6.07, 6.45) is 3.58. The van der Waals surface area contributed by atoms with E-state index in [-0.39, 0.29) is 5.56 Å². The number of H-pyrrole nitrogens is 1. The van der Waals surface area contributed by atoms with Crippen molar-refractivity contribution in [2.75, 3.05) is 0 Å². The molecular weight excluding hydrogens is 262 g/mol. The zero-order chi connectivity index (χ0) is 13.8.